The average Bonchev–Trinajstić information content (AvgIpc) is 3.37. The van der Waals surface area contributed by atoms with Crippen molar-refractivity contribution in [2.24, 2.45) is 7.05 Å². The van der Waals surface area contributed by atoms with E-state index < -0.39 is 0 Å². The fourth-order valence-corrected chi connectivity index (χ4v) is 5.26. The van der Waals surface area contributed by atoms with E-state index in [-0.39, 0.29) is 6.04 Å². The fourth-order valence-electron chi connectivity index (χ4n) is 3.41. The summed E-state index contributed by atoms with van der Waals surface area (Å²) in [6.45, 7) is 0.952. The second-order valence-electron chi connectivity index (χ2n) is 6.46. The minimum atomic E-state index is 0.257. The third kappa shape index (κ3) is 3.08. The lowest BCUT2D eigenvalue weighted by Gasteiger charge is -2.36. The number of pyridine rings is 1. The zero-order chi connectivity index (χ0) is 18.2. The van der Waals surface area contributed by atoms with Crippen LogP contribution in [0.2, 0.25) is 0 Å². The van der Waals surface area contributed by atoms with Gasteiger partial charge in [0.15, 0.2) is 5.82 Å². The van der Waals surface area contributed by atoms with E-state index in [2.05, 4.69) is 32.6 Å². The lowest BCUT2D eigenvalue weighted by Crippen LogP contribution is -2.36. The maximum atomic E-state index is 4.97. The van der Waals surface area contributed by atoms with Crippen molar-refractivity contribution in [2.45, 2.75) is 6.04 Å². The molecule has 1 saturated heterocycles. The third-order valence-electron chi connectivity index (χ3n) is 4.71. The van der Waals surface area contributed by atoms with Crippen LogP contribution in [0.5, 0.6) is 0 Å². The number of hydrogen-bond acceptors (Lipinski definition) is 7. The minimum Gasteiger partial charge on any atom is -0.347 e. The van der Waals surface area contributed by atoms with E-state index in [1.54, 1.807) is 17.5 Å². The number of hydrogen-bond donors (Lipinski definition) is 0. The summed E-state index contributed by atoms with van der Waals surface area (Å²) in [5.74, 6) is 3.80. The fraction of sp³-hybridized carbons (Fsp3) is 0.263. The van der Waals surface area contributed by atoms with Crippen molar-refractivity contribution in [1.82, 2.24) is 24.7 Å². The molecule has 4 aromatic heterocycles. The zero-order valence-corrected chi connectivity index (χ0v) is 16.5. The van der Waals surface area contributed by atoms with Gasteiger partial charge in [-0.15, -0.1) is 11.3 Å². The molecule has 1 unspecified atom stereocenters. The number of aromatic nitrogens is 5. The number of fused-ring (bicyclic) bond motifs is 1. The van der Waals surface area contributed by atoms with Gasteiger partial charge in [0.2, 0.25) is 0 Å². The van der Waals surface area contributed by atoms with Gasteiger partial charge in [0, 0.05) is 43.1 Å². The monoisotopic (exact) mass is 394 g/mol. The van der Waals surface area contributed by atoms with Gasteiger partial charge in [0.25, 0.3) is 0 Å². The van der Waals surface area contributed by atoms with E-state index in [4.69, 9.17) is 9.97 Å². The first-order valence-corrected chi connectivity index (χ1v) is 10.8. The highest BCUT2D eigenvalue weighted by molar-refractivity contribution is 7.99. The van der Waals surface area contributed by atoms with Gasteiger partial charge in [0.1, 0.15) is 16.3 Å². The molecular weight excluding hydrogens is 376 g/mol. The Kier molecular flexibility index (Phi) is 4.29. The molecule has 0 aliphatic carbocycles. The van der Waals surface area contributed by atoms with Crippen LogP contribution in [-0.4, -0.2) is 42.8 Å². The molecule has 8 heteroatoms. The number of rotatable bonds is 3. The number of thiophene rings is 1. The Bertz CT molecular complexity index is 1070. The van der Waals surface area contributed by atoms with Gasteiger partial charge in [-0.25, -0.2) is 9.97 Å². The van der Waals surface area contributed by atoms with Crippen LogP contribution >= 0.6 is 23.1 Å². The predicted molar refractivity (Wildman–Crippen MR) is 111 cm³/mol. The van der Waals surface area contributed by atoms with Crippen LogP contribution in [-0.2, 0) is 7.05 Å². The highest BCUT2D eigenvalue weighted by Gasteiger charge is 2.29. The summed E-state index contributed by atoms with van der Waals surface area (Å²) < 4.78 is 1.87. The van der Waals surface area contributed by atoms with Crippen molar-refractivity contribution >= 4 is 39.1 Å². The molecule has 1 aliphatic rings. The molecule has 0 aromatic carbocycles. The lowest BCUT2D eigenvalue weighted by molar-refractivity contribution is 0.677. The number of anilines is 1. The summed E-state index contributed by atoms with van der Waals surface area (Å²) in [5, 5.41) is 7.58. The summed E-state index contributed by atoms with van der Waals surface area (Å²) in [6, 6.07) is 8.23. The van der Waals surface area contributed by atoms with Crippen LogP contribution in [0.1, 0.15) is 11.6 Å². The molecule has 1 aliphatic heterocycles. The minimum absolute atomic E-state index is 0.257. The molecule has 0 bridgehead atoms. The van der Waals surface area contributed by atoms with E-state index >= 15 is 0 Å². The molecular formula is C19H18N6S2. The van der Waals surface area contributed by atoms with Crippen molar-refractivity contribution in [3.8, 4) is 11.5 Å². The lowest BCUT2D eigenvalue weighted by atomic mass is 10.1. The van der Waals surface area contributed by atoms with Gasteiger partial charge < -0.3 is 4.90 Å². The number of aryl methyl sites for hydroxylation is 1. The molecule has 1 atom stereocenters. The Morgan fingerprint density at radius 2 is 2.15 bits per heavy atom. The maximum Gasteiger partial charge on any atom is 0.181 e. The van der Waals surface area contributed by atoms with Crippen molar-refractivity contribution in [3.05, 3.63) is 53.8 Å². The molecule has 0 saturated carbocycles. The second kappa shape index (κ2) is 6.94. The first kappa shape index (κ1) is 16.7. The molecule has 6 nitrogen and oxygen atoms in total. The molecule has 5 rings (SSSR count). The molecule has 4 aromatic rings. The summed E-state index contributed by atoms with van der Waals surface area (Å²) in [4.78, 5) is 17.6. The second-order valence-corrected chi connectivity index (χ2v) is 8.50. The van der Waals surface area contributed by atoms with Crippen LogP contribution < -0.4 is 4.90 Å². The van der Waals surface area contributed by atoms with Gasteiger partial charge in [-0.2, -0.15) is 16.9 Å². The molecule has 0 radical (unpaired) electrons. The molecule has 0 spiro atoms. The van der Waals surface area contributed by atoms with Crippen LogP contribution in [0, 0.1) is 0 Å². The van der Waals surface area contributed by atoms with E-state index in [0.29, 0.717) is 5.82 Å². The molecule has 136 valence electrons. The number of nitrogens with zero attached hydrogens (tertiary/aromatic N) is 6. The van der Waals surface area contributed by atoms with E-state index in [9.17, 15) is 0 Å². The molecule has 27 heavy (non-hydrogen) atoms. The Morgan fingerprint density at radius 1 is 1.19 bits per heavy atom. The van der Waals surface area contributed by atoms with Crippen LogP contribution in [0.3, 0.4) is 0 Å². The first-order chi connectivity index (χ1) is 13.3. The van der Waals surface area contributed by atoms with E-state index in [0.717, 1.165) is 39.8 Å². The van der Waals surface area contributed by atoms with Gasteiger partial charge in [0.05, 0.1) is 17.6 Å². The highest BCUT2D eigenvalue weighted by atomic mass is 32.2. The Balaban J connectivity index is 1.65. The third-order valence-corrected chi connectivity index (χ3v) is 6.54. The van der Waals surface area contributed by atoms with Crippen molar-refractivity contribution in [3.63, 3.8) is 0 Å². The quantitative estimate of drug-likeness (QED) is 0.527. The highest BCUT2D eigenvalue weighted by Crippen LogP contribution is 2.38. The van der Waals surface area contributed by atoms with Gasteiger partial charge >= 0.3 is 0 Å². The maximum absolute atomic E-state index is 4.97. The van der Waals surface area contributed by atoms with Gasteiger partial charge in [-0.05, 0) is 23.6 Å². The predicted octanol–water partition coefficient (Wildman–Crippen LogP) is 3.78. The van der Waals surface area contributed by atoms with Crippen LogP contribution in [0.25, 0.3) is 21.7 Å². The molecule has 0 amide bonds. The largest absolute Gasteiger partial charge is 0.347 e. The van der Waals surface area contributed by atoms with Gasteiger partial charge in [-0.1, -0.05) is 6.07 Å². The summed E-state index contributed by atoms with van der Waals surface area (Å²) in [6.07, 6.45) is 5.86. The van der Waals surface area contributed by atoms with Crippen molar-refractivity contribution in [1.29, 1.82) is 0 Å². The standard InChI is InChI=1S/C19H18N6S2/c1-24-11-13(10-21-24)16-12-26-9-7-25(16)18-14-5-8-27-19(14)23-17(22-18)15-4-2-3-6-20-15/h2-6,8,10-11,16H,7,9,12H2,1H3. The number of thioether (sulfide) groups is 1. The van der Waals surface area contributed by atoms with Crippen molar-refractivity contribution in [2.75, 3.05) is 23.0 Å². The van der Waals surface area contributed by atoms with E-state index in [1.165, 1.54) is 5.56 Å². The van der Waals surface area contributed by atoms with Crippen LogP contribution in [0.15, 0.2) is 48.2 Å². The topological polar surface area (TPSA) is 59.7 Å². The summed E-state index contributed by atoms with van der Waals surface area (Å²) >= 11 is 3.63. The zero-order valence-electron chi connectivity index (χ0n) is 14.8. The first-order valence-electron chi connectivity index (χ1n) is 8.79. The van der Waals surface area contributed by atoms with Crippen LogP contribution in [0.4, 0.5) is 5.82 Å². The van der Waals surface area contributed by atoms with E-state index in [1.807, 2.05) is 47.9 Å². The smallest absolute Gasteiger partial charge is 0.181 e. The molecule has 0 N–H and O–H groups in total. The molecule has 1 fully saturated rings. The normalized spacial score (nSPS) is 17.5. The Labute approximate surface area is 165 Å². The Morgan fingerprint density at radius 3 is 2.96 bits per heavy atom. The Hall–Kier alpha value is -2.45. The average molecular weight is 395 g/mol. The summed E-state index contributed by atoms with van der Waals surface area (Å²) in [7, 11) is 1.96. The van der Waals surface area contributed by atoms with Crippen molar-refractivity contribution < 1.29 is 0 Å². The summed E-state index contributed by atoms with van der Waals surface area (Å²) in [5.41, 5.74) is 2.03. The molecule has 5 heterocycles. The SMILES string of the molecule is Cn1cc(C2CSCCN2c2nc(-c3ccccn3)nc3sccc23)cn1. The van der Waals surface area contributed by atoms with Gasteiger partial charge in [-0.3, -0.25) is 9.67 Å².